The van der Waals surface area contributed by atoms with Gasteiger partial charge in [-0.05, 0) is 31.2 Å². The number of hydrogen-bond donors (Lipinski definition) is 2. The molecule has 12 heteroatoms. The van der Waals surface area contributed by atoms with Gasteiger partial charge in [0, 0.05) is 24.1 Å². The van der Waals surface area contributed by atoms with E-state index in [2.05, 4.69) is 31.0 Å². The van der Waals surface area contributed by atoms with E-state index in [9.17, 15) is 14.4 Å². The van der Waals surface area contributed by atoms with E-state index in [4.69, 9.17) is 4.74 Å². The number of anilines is 1. The summed E-state index contributed by atoms with van der Waals surface area (Å²) < 4.78 is 4.96. The fraction of sp³-hybridized carbons (Fsp3) is 0.316. The zero-order valence-electron chi connectivity index (χ0n) is 17.2. The third kappa shape index (κ3) is 5.69. The third-order valence-corrected chi connectivity index (χ3v) is 5.09. The van der Waals surface area contributed by atoms with Gasteiger partial charge in [0.2, 0.25) is 11.7 Å². The molecule has 0 atom stereocenters. The Bertz CT molecular complexity index is 1110. The van der Waals surface area contributed by atoms with E-state index in [0.717, 1.165) is 11.3 Å². The molecule has 0 unspecified atom stereocenters. The molecule has 2 heterocycles. The van der Waals surface area contributed by atoms with Crippen molar-refractivity contribution >= 4 is 34.3 Å². The van der Waals surface area contributed by atoms with Crippen molar-refractivity contribution in [1.29, 1.82) is 0 Å². The van der Waals surface area contributed by atoms with Gasteiger partial charge >= 0.3 is 5.97 Å². The first-order valence-corrected chi connectivity index (χ1v) is 10.3. The lowest BCUT2D eigenvalue weighted by atomic mass is 10.1. The SMILES string of the molecule is CCOC(=O)c1sc(NC(=O)CCNC(=O)c2cccc(-c3nnn(C)n3)c2)nc1C. The molecule has 3 rings (SSSR count). The highest BCUT2D eigenvalue weighted by molar-refractivity contribution is 7.17. The minimum atomic E-state index is -0.468. The van der Waals surface area contributed by atoms with Crippen LogP contribution in [-0.2, 0) is 16.6 Å². The maximum Gasteiger partial charge on any atom is 0.350 e. The van der Waals surface area contributed by atoms with Gasteiger partial charge in [-0.3, -0.25) is 9.59 Å². The average Bonchev–Trinajstić information content (AvgIpc) is 3.33. The van der Waals surface area contributed by atoms with Gasteiger partial charge in [0.1, 0.15) is 4.88 Å². The Morgan fingerprint density at radius 2 is 2.06 bits per heavy atom. The van der Waals surface area contributed by atoms with Crippen LogP contribution in [0, 0.1) is 6.92 Å². The number of rotatable bonds is 8. The highest BCUT2D eigenvalue weighted by atomic mass is 32.1. The molecule has 0 bridgehead atoms. The Morgan fingerprint density at radius 1 is 1.26 bits per heavy atom. The zero-order chi connectivity index (χ0) is 22.4. The summed E-state index contributed by atoms with van der Waals surface area (Å²) in [5.74, 6) is -0.711. The lowest BCUT2D eigenvalue weighted by Crippen LogP contribution is -2.27. The van der Waals surface area contributed by atoms with Gasteiger partial charge in [-0.15, -0.1) is 10.2 Å². The fourth-order valence-electron chi connectivity index (χ4n) is 2.61. The van der Waals surface area contributed by atoms with Gasteiger partial charge < -0.3 is 15.4 Å². The second-order valence-corrected chi connectivity index (χ2v) is 7.39. The van der Waals surface area contributed by atoms with Crippen LogP contribution in [0.2, 0.25) is 0 Å². The molecule has 0 spiro atoms. The molecule has 0 saturated heterocycles. The number of nitrogens with zero attached hydrogens (tertiary/aromatic N) is 5. The fourth-order valence-corrected chi connectivity index (χ4v) is 3.48. The number of esters is 1. The Labute approximate surface area is 181 Å². The molecular formula is C19H21N7O4S. The zero-order valence-corrected chi connectivity index (χ0v) is 18.0. The topological polar surface area (TPSA) is 141 Å². The minimum absolute atomic E-state index is 0.0461. The summed E-state index contributed by atoms with van der Waals surface area (Å²) in [5, 5.41) is 17.4. The highest BCUT2D eigenvalue weighted by Gasteiger charge is 2.17. The predicted octanol–water partition coefficient (Wildman–Crippen LogP) is 1.58. The Morgan fingerprint density at radius 3 is 2.77 bits per heavy atom. The van der Waals surface area contributed by atoms with Crippen molar-refractivity contribution in [3.05, 3.63) is 40.4 Å². The normalized spacial score (nSPS) is 10.5. The van der Waals surface area contributed by atoms with Crippen molar-refractivity contribution in [2.45, 2.75) is 20.3 Å². The van der Waals surface area contributed by atoms with Gasteiger partial charge in [-0.25, -0.2) is 9.78 Å². The molecule has 0 aliphatic rings. The van der Waals surface area contributed by atoms with Gasteiger partial charge in [0.25, 0.3) is 5.91 Å². The molecule has 0 radical (unpaired) electrons. The monoisotopic (exact) mass is 443 g/mol. The van der Waals surface area contributed by atoms with E-state index >= 15 is 0 Å². The van der Waals surface area contributed by atoms with E-state index in [0.29, 0.717) is 32.7 Å². The first-order valence-electron chi connectivity index (χ1n) is 9.44. The Hall–Kier alpha value is -3.67. The first kappa shape index (κ1) is 22.0. The van der Waals surface area contributed by atoms with Crippen LogP contribution in [0.25, 0.3) is 11.4 Å². The summed E-state index contributed by atoms with van der Waals surface area (Å²) in [6.45, 7) is 3.78. The summed E-state index contributed by atoms with van der Waals surface area (Å²) in [5.41, 5.74) is 1.57. The van der Waals surface area contributed by atoms with Crippen LogP contribution < -0.4 is 10.6 Å². The molecule has 2 aromatic heterocycles. The summed E-state index contributed by atoms with van der Waals surface area (Å²) in [4.78, 5) is 42.2. The average molecular weight is 443 g/mol. The van der Waals surface area contributed by atoms with E-state index in [-0.39, 0.29) is 31.4 Å². The maximum atomic E-state index is 12.4. The van der Waals surface area contributed by atoms with E-state index in [1.165, 1.54) is 4.80 Å². The van der Waals surface area contributed by atoms with Gasteiger partial charge in [0.05, 0.1) is 19.3 Å². The van der Waals surface area contributed by atoms with Crippen LogP contribution >= 0.6 is 11.3 Å². The number of aromatic nitrogens is 5. The Balaban J connectivity index is 1.51. The molecule has 3 aromatic rings. The number of aryl methyl sites for hydroxylation is 2. The third-order valence-electron chi connectivity index (χ3n) is 4.03. The first-order chi connectivity index (χ1) is 14.9. The molecule has 0 aliphatic carbocycles. The molecule has 0 saturated carbocycles. The number of carbonyl (C=O) groups is 3. The van der Waals surface area contributed by atoms with Crippen LogP contribution in [0.5, 0.6) is 0 Å². The van der Waals surface area contributed by atoms with Crippen molar-refractivity contribution in [3.63, 3.8) is 0 Å². The van der Waals surface area contributed by atoms with Crippen molar-refractivity contribution in [3.8, 4) is 11.4 Å². The second kappa shape index (κ2) is 9.89. The number of tetrazole rings is 1. The van der Waals surface area contributed by atoms with Gasteiger partial charge in [-0.2, -0.15) is 4.80 Å². The Kier molecular flexibility index (Phi) is 7.03. The van der Waals surface area contributed by atoms with Gasteiger partial charge in [0.15, 0.2) is 5.13 Å². The van der Waals surface area contributed by atoms with E-state index in [1.54, 1.807) is 45.2 Å². The molecule has 2 amide bonds. The van der Waals surface area contributed by atoms with Crippen molar-refractivity contribution in [2.24, 2.45) is 7.05 Å². The number of nitrogens with one attached hydrogen (secondary N) is 2. The van der Waals surface area contributed by atoms with E-state index < -0.39 is 5.97 Å². The molecule has 1 aromatic carbocycles. The van der Waals surface area contributed by atoms with Crippen LogP contribution in [-0.4, -0.2) is 56.1 Å². The smallest absolute Gasteiger partial charge is 0.350 e. The van der Waals surface area contributed by atoms with E-state index in [1.807, 2.05) is 0 Å². The number of thiazole rings is 1. The summed E-state index contributed by atoms with van der Waals surface area (Å²) >= 11 is 1.05. The quantitative estimate of drug-likeness (QED) is 0.500. The maximum absolute atomic E-state index is 12.4. The molecule has 162 valence electrons. The molecule has 2 N–H and O–H groups in total. The molecule has 31 heavy (non-hydrogen) atoms. The van der Waals surface area contributed by atoms with Crippen molar-refractivity contribution < 1.29 is 19.1 Å². The van der Waals surface area contributed by atoms with Crippen LogP contribution in [0.1, 0.15) is 39.1 Å². The lowest BCUT2D eigenvalue weighted by molar-refractivity contribution is -0.116. The minimum Gasteiger partial charge on any atom is -0.462 e. The lowest BCUT2D eigenvalue weighted by Gasteiger charge is -2.06. The van der Waals surface area contributed by atoms with Gasteiger partial charge in [-0.1, -0.05) is 23.5 Å². The number of amides is 2. The highest BCUT2D eigenvalue weighted by Crippen LogP contribution is 2.23. The predicted molar refractivity (Wildman–Crippen MR) is 113 cm³/mol. The molecule has 0 fully saturated rings. The summed E-state index contributed by atoms with van der Waals surface area (Å²) in [6, 6.07) is 6.81. The molecule has 0 aliphatic heterocycles. The number of carbonyl (C=O) groups excluding carboxylic acids is 3. The molecule has 11 nitrogen and oxygen atoms in total. The van der Waals surface area contributed by atoms with Crippen LogP contribution in [0.15, 0.2) is 24.3 Å². The van der Waals surface area contributed by atoms with Crippen LogP contribution in [0.3, 0.4) is 0 Å². The number of benzene rings is 1. The van der Waals surface area contributed by atoms with Crippen molar-refractivity contribution in [2.75, 3.05) is 18.5 Å². The standard InChI is InChI=1S/C19H21N7O4S/c1-4-30-18(29)15-11(2)21-19(31-15)22-14(27)8-9-20-17(28)13-7-5-6-12(10-13)16-23-25-26(3)24-16/h5-7,10H,4,8-9H2,1-3H3,(H,20,28)(H,21,22,27). The van der Waals surface area contributed by atoms with Crippen LogP contribution in [0.4, 0.5) is 5.13 Å². The number of hydrogen-bond acceptors (Lipinski definition) is 9. The summed E-state index contributed by atoms with van der Waals surface area (Å²) in [6.07, 6.45) is 0.0461. The second-order valence-electron chi connectivity index (χ2n) is 6.39. The summed E-state index contributed by atoms with van der Waals surface area (Å²) in [7, 11) is 1.66. The van der Waals surface area contributed by atoms with Crippen molar-refractivity contribution in [1.82, 2.24) is 30.5 Å². The molecular weight excluding hydrogens is 422 g/mol. The number of ether oxygens (including phenoxy) is 1. The largest absolute Gasteiger partial charge is 0.462 e.